The van der Waals surface area contributed by atoms with Crippen LogP contribution in [-0.2, 0) is 21.2 Å². The first-order valence-electron chi connectivity index (χ1n) is 7.43. The molecular weight excluding hydrogens is 306 g/mol. The van der Waals surface area contributed by atoms with Crippen molar-refractivity contribution in [2.45, 2.75) is 45.6 Å². The molecule has 0 bridgehead atoms. The third-order valence-corrected chi connectivity index (χ3v) is 4.69. The van der Waals surface area contributed by atoms with Crippen LogP contribution in [0.2, 0.25) is 0 Å². The summed E-state index contributed by atoms with van der Waals surface area (Å²) in [5.41, 5.74) is 1.80. The van der Waals surface area contributed by atoms with Gasteiger partial charge in [0.15, 0.2) is 0 Å². The normalized spacial score (nSPS) is 19.4. The number of rotatable bonds is 5. The molecule has 1 amide bonds. The fraction of sp³-hybridized carbons (Fsp3) is 0.714. The Morgan fingerprint density at radius 3 is 2.77 bits per heavy atom. The molecule has 0 unspecified atom stereocenters. The lowest BCUT2D eigenvalue weighted by Crippen LogP contribution is -2.49. The van der Waals surface area contributed by atoms with E-state index in [0.29, 0.717) is 25.9 Å². The van der Waals surface area contributed by atoms with E-state index in [1.807, 2.05) is 13.8 Å². The second kappa shape index (κ2) is 6.78. The minimum atomic E-state index is -3.24. The van der Waals surface area contributed by atoms with Gasteiger partial charge in [0.25, 0.3) is 0 Å². The van der Waals surface area contributed by atoms with E-state index < -0.39 is 10.0 Å². The van der Waals surface area contributed by atoms with Crippen molar-refractivity contribution in [3.8, 4) is 0 Å². The van der Waals surface area contributed by atoms with Gasteiger partial charge in [-0.1, -0.05) is 5.16 Å². The molecule has 8 heteroatoms. The van der Waals surface area contributed by atoms with Crippen LogP contribution in [0.1, 0.15) is 36.3 Å². The van der Waals surface area contributed by atoms with Crippen LogP contribution >= 0.6 is 0 Å². The van der Waals surface area contributed by atoms with Crippen LogP contribution in [0.4, 0.5) is 0 Å². The average molecular weight is 329 g/mol. The molecule has 1 aliphatic rings. The summed E-state index contributed by atoms with van der Waals surface area (Å²) in [6.07, 6.45) is 3.70. The van der Waals surface area contributed by atoms with E-state index in [9.17, 15) is 13.2 Å². The minimum absolute atomic E-state index is 0.0417. The van der Waals surface area contributed by atoms with Crippen molar-refractivity contribution in [2.75, 3.05) is 19.3 Å². The van der Waals surface area contributed by atoms with E-state index in [-0.39, 0.29) is 11.9 Å². The van der Waals surface area contributed by atoms with Crippen LogP contribution in [0, 0.1) is 13.8 Å². The van der Waals surface area contributed by atoms with Gasteiger partial charge in [0.1, 0.15) is 5.76 Å². The van der Waals surface area contributed by atoms with Crippen LogP contribution in [0.3, 0.4) is 0 Å². The lowest BCUT2D eigenvalue weighted by molar-refractivity contribution is -0.132. The molecule has 1 N–H and O–H groups in total. The number of nitrogens with zero attached hydrogens (tertiary/aromatic N) is 2. The Balaban J connectivity index is 1.89. The van der Waals surface area contributed by atoms with Crippen LogP contribution < -0.4 is 4.72 Å². The topological polar surface area (TPSA) is 92.5 Å². The molecule has 1 saturated heterocycles. The minimum Gasteiger partial charge on any atom is -0.361 e. The third-order valence-electron chi connectivity index (χ3n) is 3.92. The number of hydrogen-bond acceptors (Lipinski definition) is 5. The lowest BCUT2D eigenvalue weighted by atomic mass is 10.0. The number of amides is 1. The van der Waals surface area contributed by atoms with Gasteiger partial charge in [0, 0.05) is 31.1 Å². The quantitative estimate of drug-likeness (QED) is 0.861. The number of hydrogen-bond donors (Lipinski definition) is 1. The maximum atomic E-state index is 12.3. The molecule has 124 valence electrons. The standard InChI is InChI=1S/C14H23N3O4S/c1-10-13(11(2)21-15-10)6-7-14(18)17-8-4-5-12(9-17)16-22(3,19)20/h12,16H,4-9H2,1-3H3/t12-/m1/s1. The highest BCUT2D eigenvalue weighted by molar-refractivity contribution is 7.88. The number of carbonyl (C=O) groups excluding carboxylic acids is 1. The predicted molar refractivity (Wildman–Crippen MR) is 81.9 cm³/mol. The van der Waals surface area contributed by atoms with Crippen LogP contribution in [0.25, 0.3) is 0 Å². The highest BCUT2D eigenvalue weighted by Gasteiger charge is 2.25. The summed E-state index contributed by atoms with van der Waals surface area (Å²) >= 11 is 0. The van der Waals surface area contributed by atoms with E-state index in [1.54, 1.807) is 4.90 Å². The molecule has 0 aliphatic carbocycles. The average Bonchev–Trinajstić information content (AvgIpc) is 2.74. The Hall–Kier alpha value is -1.41. The molecule has 1 aromatic rings. The number of aromatic nitrogens is 1. The monoisotopic (exact) mass is 329 g/mol. The highest BCUT2D eigenvalue weighted by atomic mass is 32.2. The van der Waals surface area contributed by atoms with E-state index in [4.69, 9.17) is 4.52 Å². The second-order valence-electron chi connectivity index (χ2n) is 5.87. The molecule has 2 heterocycles. The Kier molecular flexibility index (Phi) is 5.23. The van der Waals surface area contributed by atoms with E-state index >= 15 is 0 Å². The molecule has 0 aromatic carbocycles. The van der Waals surface area contributed by atoms with Crippen molar-refractivity contribution in [3.05, 3.63) is 17.0 Å². The molecule has 0 spiro atoms. The number of likely N-dealkylation sites (tertiary alicyclic amines) is 1. The van der Waals surface area contributed by atoms with Gasteiger partial charge in [-0.05, 0) is 33.1 Å². The van der Waals surface area contributed by atoms with Crippen molar-refractivity contribution in [1.82, 2.24) is 14.8 Å². The zero-order chi connectivity index (χ0) is 16.3. The van der Waals surface area contributed by atoms with Crippen LogP contribution in [0.15, 0.2) is 4.52 Å². The number of piperidine rings is 1. The van der Waals surface area contributed by atoms with Crippen molar-refractivity contribution < 1.29 is 17.7 Å². The second-order valence-corrected chi connectivity index (χ2v) is 7.65. The van der Waals surface area contributed by atoms with Crippen molar-refractivity contribution >= 4 is 15.9 Å². The molecule has 22 heavy (non-hydrogen) atoms. The Morgan fingerprint density at radius 2 is 2.18 bits per heavy atom. The first-order chi connectivity index (χ1) is 10.3. The van der Waals surface area contributed by atoms with Gasteiger partial charge in [-0.2, -0.15) is 0 Å². The summed E-state index contributed by atoms with van der Waals surface area (Å²) < 4.78 is 30.3. The summed E-state index contributed by atoms with van der Waals surface area (Å²) in [6.45, 7) is 4.83. The number of nitrogens with one attached hydrogen (secondary N) is 1. The summed E-state index contributed by atoms with van der Waals surface area (Å²) in [5.74, 6) is 0.792. The number of aryl methyl sites for hydroxylation is 2. The summed E-state index contributed by atoms with van der Waals surface area (Å²) in [5, 5.41) is 3.88. The van der Waals surface area contributed by atoms with E-state index in [0.717, 1.165) is 36.1 Å². The van der Waals surface area contributed by atoms with Crippen LogP contribution in [-0.4, -0.2) is 49.8 Å². The van der Waals surface area contributed by atoms with Gasteiger partial charge in [-0.3, -0.25) is 4.79 Å². The largest absolute Gasteiger partial charge is 0.361 e. The molecule has 7 nitrogen and oxygen atoms in total. The maximum absolute atomic E-state index is 12.3. The van der Waals surface area contributed by atoms with Crippen molar-refractivity contribution in [1.29, 1.82) is 0 Å². The molecule has 1 aromatic heterocycles. The Labute approximate surface area is 131 Å². The van der Waals surface area contributed by atoms with Crippen molar-refractivity contribution in [3.63, 3.8) is 0 Å². The molecule has 1 aliphatic heterocycles. The molecular formula is C14H23N3O4S. The van der Waals surface area contributed by atoms with Gasteiger partial charge in [0.2, 0.25) is 15.9 Å². The fourth-order valence-electron chi connectivity index (χ4n) is 2.85. The van der Waals surface area contributed by atoms with Gasteiger partial charge in [0.05, 0.1) is 11.9 Å². The summed E-state index contributed by atoms with van der Waals surface area (Å²) in [7, 11) is -3.24. The van der Waals surface area contributed by atoms with Gasteiger partial charge in [-0.25, -0.2) is 13.1 Å². The van der Waals surface area contributed by atoms with Crippen molar-refractivity contribution in [2.24, 2.45) is 0 Å². The van der Waals surface area contributed by atoms with Gasteiger partial charge in [-0.15, -0.1) is 0 Å². The van der Waals surface area contributed by atoms with E-state index in [1.165, 1.54) is 0 Å². The number of carbonyl (C=O) groups is 1. The fourth-order valence-corrected chi connectivity index (χ4v) is 3.65. The molecule has 1 fully saturated rings. The number of sulfonamides is 1. The zero-order valence-electron chi connectivity index (χ0n) is 13.3. The Bertz CT molecular complexity index is 619. The lowest BCUT2D eigenvalue weighted by Gasteiger charge is -2.32. The SMILES string of the molecule is Cc1noc(C)c1CCC(=O)N1CCC[C@@H](NS(C)(=O)=O)C1. The summed E-state index contributed by atoms with van der Waals surface area (Å²) in [4.78, 5) is 14.1. The third kappa shape index (κ3) is 4.54. The van der Waals surface area contributed by atoms with E-state index in [2.05, 4.69) is 9.88 Å². The molecule has 0 saturated carbocycles. The highest BCUT2D eigenvalue weighted by Crippen LogP contribution is 2.17. The molecule has 1 atom stereocenters. The smallest absolute Gasteiger partial charge is 0.222 e. The zero-order valence-corrected chi connectivity index (χ0v) is 14.1. The predicted octanol–water partition coefficient (Wildman–Crippen LogP) is 0.764. The first kappa shape index (κ1) is 17.0. The van der Waals surface area contributed by atoms with Crippen LogP contribution in [0.5, 0.6) is 0 Å². The molecule has 2 rings (SSSR count). The summed E-state index contributed by atoms with van der Waals surface area (Å²) in [6, 6.07) is -0.188. The first-order valence-corrected chi connectivity index (χ1v) is 9.32. The molecule has 0 radical (unpaired) electrons. The van der Waals surface area contributed by atoms with Gasteiger partial charge >= 0.3 is 0 Å². The maximum Gasteiger partial charge on any atom is 0.222 e. The Morgan fingerprint density at radius 1 is 1.45 bits per heavy atom. The van der Waals surface area contributed by atoms with Gasteiger partial charge < -0.3 is 9.42 Å².